The molecule has 0 saturated carbocycles. The van der Waals surface area contributed by atoms with E-state index in [-0.39, 0.29) is 0 Å². The predicted octanol–water partition coefficient (Wildman–Crippen LogP) is 1.25. The van der Waals surface area contributed by atoms with Crippen molar-refractivity contribution in [3.8, 4) is 0 Å². The van der Waals surface area contributed by atoms with Crippen LogP contribution in [0.3, 0.4) is 0 Å². The second kappa shape index (κ2) is 5.43. The van der Waals surface area contributed by atoms with Gasteiger partial charge in [0.2, 0.25) is 0 Å². The summed E-state index contributed by atoms with van der Waals surface area (Å²) < 4.78 is 24.8. The molecule has 0 amide bonds. The molecule has 1 atom stereocenters. The Hall–Kier alpha value is -0.220. The van der Waals surface area contributed by atoms with E-state index in [1.54, 1.807) is 0 Å². The molecular weight excluding hydrogens is 164 g/mol. The monoisotopic (exact) mass is 181 g/mol. The predicted molar refractivity (Wildman–Crippen MR) is 44.4 cm³/mol. The zero-order chi connectivity index (χ0) is 9.61. The summed E-state index contributed by atoms with van der Waals surface area (Å²) in [5.41, 5.74) is 0. The first-order valence-corrected chi connectivity index (χ1v) is 4.21. The second-order valence-corrected chi connectivity index (χ2v) is 3.16. The summed E-state index contributed by atoms with van der Waals surface area (Å²) in [5.74, 6) is -2.58. The van der Waals surface area contributed by atoms with E-state index in [1.807, 2.05) is 13.8 Å². The van der Waals surface area contributed by atoms with Crippen LogP contribution in [0.2, 0.25) is 0 Å². The van der Waals surface area contributed by atoms with Crippen LogP contribution < -0.4 is 5.32 Å². The normalized spacial score (nSPS) is 14.8. The summed E-state index contributed by atoms with van der Waals surface area (Å²) in [4.78, 5) is 0. The van der Waals surface area contributed by atoms with Gasteiger partial charge in [-0.15, -0.1) is 0 Å². The summed E-state index contributed by atoms with van der Waals surface area (Å²) in [5, 5.41) is 10.8. The van der Waals surface area contributed by atoms with Crippen LogP contribution in [0.15, 0.2) is 0 Å². The van der Waals surface area contributed by atoms with Gasteiger partial charge in [0.25, 0.3) is 5.92 Å². The van der Waals surface area contributed by atoms with Crippen molar-refractivity contribution >= 4 is 0 Å². The summed E-state index contributed by atoms with van der Waals surface area (Å²) in [7, 11) is 0. The molecule has 0 rings (SSSR count). The third-order valence-corrected chi connectivity index (χ3v) is 1.80. The molecule has 0 aliphatic heterocycles. The topological polar surface area (TPSA) is 32.3 Å². The Balaban J connectivity index is 3.42. The van der Waals surface area contributed by atoms with Gasteiger partial charge in [-0.05, 0) is 12.5 Å². The van der Waals surface area contributed by atoms with Gasteiger partial charge in [-0.3, -0.25) is 0 Å². The van der Waals surface area contributed by atoms with E-state index >= 15 is 0 Å². The molecule has 74 valence electrons. The molecule has 0 aromatic heterocycles. The molecule has 0 aromatic carbocycles. The smallest absolute Gasteiger partial charge is 0.282 e. The number of nitrogens with one attached hydrogen (secondary N) is 1. The van der Waals surface area contributed by atoms with Gasteiger partial charge in [-0.2, -0.15) is 0 Å². The first-order chi connectivity index (χ1) is 5.52. The SMILES string of the molecule is CCC(C)CNCC(F)(F)CO. The molecule has 2 nitrogen and oxygen atoms in total. The Bertz CT molecular complexity index is 120. The average Bonchev–Trinajstić information content (AvgIpc) is 2.04. The van der Waals surface area contributed by atoms with Crippen molar-refractivity contribution < 1.29 is 13.9 Å². The molecule has 0 aromatic rings. The van der Waals surface area contributed by atoms with Gasteiger partial charge in [0.05, 0.1) is 6.54 Å². The van der Waals surface area contributed by atoms with Crippen molar-refractivity contribution in [2.24, 2.45) is 5.92 Å². The molecule has 0 saturated heterocycles. The van der Waals surface area contributed by atoms with Crippen LogP contribution in [0.25, 0.3) is 0 Å². The first-order valence-electron chi connectivity index (χ1n) is 4.21. The summed E-state index contributed by atoms with van der Waals surface area (Å²) in [6.07, 6.45) is 0.970. The number of aliphatic hydroxyl groups excluding tert-OH is 1. The molecule has 0 spiro atoms. The highest BCUT2D eigenvalue weighted by atomic mass is 19.3. The molecular formula is C8H17F2NO. The van der Waals surface area contributed by atoms with E-state index in [4.69, 9.17) is 5.11 Å². The van der Waals surface area contributed by atoms with E-state index in [9.17, 15) is 8.78 Å². The lowest BCUT2D eigenvalue weighted by Gasteiger charge is -2.15. The first kappa shape index (κ1) is 11.8. The molecule has 0 bridgehead atoms. The quantitative estimate of drug-likeness (QED) is 0.646. The van der Waals surface area contributed by atoms with E-state index in [1.165, 1.54) is 0 Å². The summed E-state index contributed by atoms with van der Waals surface area (Å²) in [6.45, 7) is 3.06. The lowest BCUT2D eigenvalue weighted by Crippen LogP contribution is -2.37. The zero-order valence-electron chi connectivity index (χ0n) is 7.61. The van der Waals surface area contributed by atoms with Crippen LogP contribution in [0.1, 0.15) is 20.3 Å². The number of halogens is 2. The highest BCUT2D eigenvalue weighted by Crippen LogP contribution is 2.10. The van der Waals surface area contributed by atoms with Gasteiger partial charge in [-0.25, -0.2) is 8.78 Å². The largest absolute Gasteiger partial charge is 0.390 e. The van der Waals surface area contributed by atoms with Crippen LogP contribution in [-0.2, 0) is 0 Å². The molecule has 2 N–H and O–H groups in total. The standard InChI is InChI=1S/C8H17F2NO/c1-3-7(2)4-11-5-8(9,10)6-12/h7,11-12H,3-6H2,1-2H3. The van der Waals surface area contributed by atoms with Crippen LogP contribution in [0.5, 0.6) is 0 Å². The maximum Gasteiger partial charge on any atom is 0.282 e. The molecule has 0 radical (unpaired) electrons. The highest BCUT2D eigenvalue weighted by Gasteiger charge is 2.26. The highest BCUT2D eigenvalue weighted by molar-refractivity contribution is 4.68. The number of aliphatic hydroxyl groups is 1. The van der Waals surface area contributed by atoms with Gasteiger partial charge in [0.15, 0.2) is 0 Å². The summed E-state index contributed by atoms with van der Waals surface area (Å²) >= 11 is 0. The van der Waals surface area contributed by atoms with Gasteiger partial charge in [0, 0.05) is 0 Å². The maximum absolute atomic E-state index is 12.4. The third kappa shape index (κ3) is 5.43. The molecule has 0 aliphatic carbocycles. The molecule has 4 heteroatoms. The van der Waals surface area contributed by atoms with Crippen molar-refractivity contribution in [1.82, 2.24) is 5.32 Å². The van der Waals surface area contributed by atoms with Crippen molar-refractivity contribution in [2.45, 2.75) is 26.2 Å². The molecule has 1 unspecified atom stereocenters. The lowest BCUT2D eigenvalue weighted by atomic mass is 10.1. The number of hydrogen-bond acceptors (Lipinski definition) is 2. The van der Waals surface area contributed by atoms with E-state index in [0.717, 1.165) is 6.42 Å². The second-order valence-electron chi connectivity index (χ2n) is 3.16. The lowest BCUT2D eigenvalue weighted by molar-refractivity contribution is -0.0478. The Labute approximate surface area is 72.0 Å². The van der Waals surface area contributed by atoms with Crippen molar-refractivity contribution in [1.29, 1.82) is 0 Å². The minimum Gasteiger partial charge on any atom is -0.390 e. The van der Waals surface area contributed by atoms with Crippen LogP contribution >= 0.6 is 0 Å². The number of alkyl halides is 2. The third-order valence-electron chi connectivity index (χ3n) is 1.80. The fourth-order valence-corrected chi connectivity index (χ4v) is 0.702. The van der Waals surface area contributed by atoms with Crippen LogP contribution in [0, 0.1) is 5.92 Å². The summed E-state index contributed by atoms with van der Waals surface area (Å²) in [6, 6.07) is 0. The van der Waals surface area contributed by atoms with Crippen molar-refractivity contribution in [2.75, 3.05) is 19.7 Å². The fraction of sp³-hybridized carbons (Fsp3) is 1.00. The minimum absolute atomic E-state index is 0.402. The van der Waals surface area contributed by atoms with Gasteiger partial charge >= 0.3 is 0 Å². The zero-order valence-corrected chi connectivity index (χ0v) is 7.61. The van der Waals surface area contributed by atoms with Gasteiger partial charge in [-0.1, -0.05) is 20.3 Å². The van der Waals surface area contributed by atoms with E-state index in [0.29, 0.717) is 12.5 Å². The van der Waals surface area contributed by atoms with Crippen LogP contribution in [-0.4, -0.2) is 30.7 Å². The molecule has 12 heavy (non-hydrogen) atoms. The average molecular weight is 181 g/mol. The fourth-order valence-electron chi connectivity index (χ4n) is 0.702. The molecule has 0 heterocycles. The minimum atomic E-state index is -2.98. The van der Waals surface area contributed by atoms with Gasteiger partial charge in [0.1, 0.15) is 6.61 Å². The number of hydrogen-bond donors (Lipinski definition) is 2. The Morgan fingerprint density at radius 1 is 1.50 bits per heavy atom. The maximum atomic E-state index is 12.4. The van der Waals surface area contributed by atoms with Crippen molar-refractivity contribution in [3.05, 3.63) is 0 Å². The molecule has 0 fully saturated rings. The Morgan fingerprint density at radius 2 is 2.08 bits per heavy atom. The van der Waals surface area contributed by atoms with Gasteiger partial charge < -0.3 is 10.4 Å². The van der Waals surface area contributed by atoms with E-state index < -0.39 is 19.1 Å². The van der Waals surface area contributed by atoms with E-state index in [2.05, 4.69) is 5.32 Å². The van der Waals surface area contributed by atoms with Crippen molar-refractivity contribution in [3.63, 3.8) is 0 Å². The Kier molecular flexibility index (Phi) is 5.33. The molecule has 0 aliphatic rings. The van der Waals surface area contributed by atoms with Crippen LogP contribution in [0.4, 0.5) is 8.78 Å². The Morgan fingerprint density at radius 3 is 2.50 bits per heavy atom. The number of rotatable bonds is 6.